The molecular weight excluding hydrogens is 582 g/mol. The van der Waals surface area contributed by atoms with E-state index in [0.29, 0.717) is 23.4 Å². The summed E-state index contributed by atoms with van der Waals surface area (Å²) in [6.45, 7) is -0.0783. The van der Waals surface area contributed by atoms with Crippen molar-refractivity contribution in [3.8, 4) is 0 Å². The van der Waals surface area contributed by atoms with Crippen LogP contribution in [-0.4, -0.2) is 42.3 Å². The Morgan fingerprint density at radius 1 is 1.06 bits per heavy atom. The summed E-state index contributed by atoms with van der Waals surface area (Å²) >= 11 is 13.1. The highest BCUT2D eigenvalue weighted by molar-refractivity contribution is 9.12. The van der Waals surface area contributed by atoms with Crippen LogP contribution in [0.4, 0.5) is 5.69 Å². The van der Waals surface area contributed by atoms with E-state index in [4.69, 9.17) is 11.6 Å². The van der Waals surface area contributed by atoms with Crippen molar-refractivity contribution in [2.45, 2.75) is 29.0 Å². The maximum atomic E-state index is 13.5. The van der Waals surface area contributed by atoms with Crippen LogP contribution in [0.15, 0.2) is 48.5 Å². The minimum absolute atomic E-state index is 0.00497. The van der Waals surface area contributed by atoms with E-state index in [1.807, 2.05) is 0 Å². The predicted octanol–water partition coefficient (Wildman–Crippen LogP) is 4.73. The van der Waals surface area contributed by atoms with Gasteiger partial charge >= 0.3 is 0 Å². The molecule has 2 aliphatic rings. The fraction of sp³-hybridized carbons (Fsp3) is 0.318. The van der Waals surface area contributed by atoms with Gasteiger partial charge in [-0.3, -0.25) is 24.5 Å². The van der Waals surface area contributed by atoms with Crippen LogP contribution in [0.25, 0.3) is 0 Å². The fourth-order valence-corrected chi connectivity index (χ4v) is 5.58. The van der Waals surface area contributed by atoms with E-state index in [1.54, 1.807) is 24.3 Å². The largest absolute Gasteiger partial charge is 0.273 e. The standard InChI is InChI=1S/C22H18Br2ClN3O5/c23-18-9-16-17(10-19(18)24)22(31)27(21(16)30)26(11-12-4-6-14(25)7-5-12)20(29)13-2-1-3-15(8-13)28(32)33/h1-8,16-19H,9-11H2/t16-,17-,18+,19+/m1/s1. The molecule has 1 saturated heterocycles. The normalized spacial score (nSPS) is 24.5. The number of halogens is 3. The van der Waals surface area contributed by atoms with E-state index in [9.17, 15) is 24.5 Å². The van der Waals surface area contributed by atoms with Gasteiger partial charge in [0, 0.05) is 32.4 Å². The molecule has 1 saturated carbocycles. The number of carbonyl (C=O) groups is 3. The second kappa shape index (κ2) is 9.52. The number of rotatable bonds is 5. The zero-order valence-corrected chi connectivity index (χ0v) is 21.0. The van der Waals surface area contributed by atoms with Gasteiger partial charge in [-0.15, -0.1) is 0 Å². The number of nitro groups is 1. The van der Waals surface area contributed by atoms with Crippen molar-refractivity contribution in [2.24, 2.45) is 11.8 Å². The Bertz CT molecular complexity index is 1100. The lowest BCUT2D eigenvalue weighted by molar-refractivity contribution is -0.384. The van der Waals surface area contributed by atoms with Crippen molar-refractivity contribution < 1.29 is 19.3 Å². The molecule has 4 atom stereocenters. The monoisotopic (exact) mass is 597 g/mol. The van der Waals surface area contributed by atoms with Crippen molar-refractivity contribution in [1.29, 1.82) is 0 Å². The van der Waals surface area contributed by atoms with E-state index in [0.717, 1.165) is 16.1 Å². The van der Waals surface area contributed by atoms with Crippen LogP contribution in [0, 0.1) is 22.0 Å². The number of nitro benzene ring substituents is 1. The minimum Gasteiger partial charge on any atom is -0.272 e. The summed E-state index contributed by atoms with van der Waals surface area (Å²) in [6, 6.07) is 11.9. The molecule has 0 bridgehead atoms. The summed E-state index contributed by atoms with van der Waals surface area (Å²) in [5.74, 6) is -2.65. The van der Waals surface area contributed by atoms with Gasteiger partial charge in [-0.1, -0.05) is 61.7 Å². The molecule has 33 heavy (non-hydrogen) atoms. The van der Waals surface area contributed by atoms with Gasteiger partial charge in [0.25, 0.3) is 23.4 Å². The summed E-state index contributed by atoms with van der Waals surface area (Å²) in [5.41, 5.74) is 0.389. The van der Waals surface area contributed by atoms with Crippen molar-refractivity contribution in [3.05, 3.63) is 74.8 Å². The molecule has 1 aliphatic heterocycles. The quantitative estimate of drug-likeness (QED) is 0.214. The lowest BCUT2D eigenvalue weighted by atomic mass is 9.81. The third-order valence-electron chi connectivity index (χ3n) is 5.91. The predicted molar refractivity (Wildman–Crippen MR) is 128 cm³/mol. The highest BCUT2D eigenvalue weighted by Gasteiger charge is 2.54. The fourth-order valence-electron chi connectivity index (χ4n) is 4.21. The summed E-state index contributed by atoms with van der Waals surface area (Å²) in [7, 11) is 0. The Balaban J connectivity index is 1.72. The van der Waals surface area contributed by atoms with Gasteiger partial charge in [0.1, 0.15) is 0 Å². The van der Waals surface area contributed by atoms with Gasteiger partial charge in [-0.05, 0) is 36.6 Å². The molecule has 0 spiro atoms. The number of alkyl halides is 2. The first-order valence-corrected chi connectivity index (χ1v) is 12.3. The lowest BCUT2D eigenvalue weighted by Gasteiger charge is -2.30. The first-order chi connectivity index (χ1) is 15.7. The third kappa shape index (κ3) is 4.69. The SMILES string of the molecule is O=C(c1cccc([N+](=O)[O-])c1)N(Cc1ccc(Cl)cc1)N1C(=O)[C@@H]2C[C@H](Br)[C@@H](Br)C[C@H]2C1=O. The maximum absolute atomic E-state index is 13.5. The van der Waals surface area contributed by atoms with E-state index < -0.39 is 34.5 Å². The van der Waals surface area contributed by atoms with Gasteiger partial charge < -0.3 is 0 Å². The second-order valence-electron chi connectivity index (χ2n) is 8.00. The average Bonchev–Trinajstić information content (AvgIpc) is 3.02. The van der Waals surface area contributed by atoms with Crippen LogP contribution in [0.2, 0.25) is 5.02 Å². The van der Waals surface area contributed by atoms with Crippen LogP contribution < -0.4 is 0 Å². The highest BCUT2D eigenvalue weighted by atomic mass is 79.9. The Labute approximate surface area is 211 Å². The number of hydrogen-bond donors (Lipinski definition) is 0. The number of carbonyl (C=O) groups excluding carboxylic acids is 3. The Morgan fingerprint density at radius 2 is 1.64 bits per heavy atom. The first kappa shape index (κ1) is 23.8. The number of non-ortho nitro benzene ring substituents is 1. The molecule has 0 N–H and O–H groups in total. The summed E-state index contributed by atoms with van der Waals surface area (Å²) in [5, 5.41) is 13.7. The van der Waals surface area contributed by atoms with E-state index in [1.165, 1.54) is 18.2 Å². The van der Waals surface area contributed by atoms with Crippen LogP contribution >= 0.6 is 43.5 Å². The number of imide groups is 1. The zero-order chi connectivity index (χ0) is 23.9. The number of nitrogens with zero attached hydrogens (tertiary/aromatic N) is 3. The molecule has 2 aromatic carbocycles. The average molecular weight is 600 g/mol. The van der Waals surface area contributed by atoms with Crippen LogP contribution in [0.3, 0.4) is 0 Å². The maximum Gasteiger partial charge on any atom is 0.273 e. The number of amides is 3. The Kier molecular flexibility index (Phi) is 6.88. The molecule has 1 heterocycles. The molecular formula is C22H18Br2ClN3O5. The van der Waals surface area contributed by atoms with Crippen LogP contribution in [0.5, 0.6) is 0 Å². The second-order valence-corrected chi connectivity index (χ2v) is 10.8. The number of benzene rings is 2. The molecule has 0 radical (unpaired) electrons. The van der Waals surface area contributed by atoms with E-state index >= 15 is 0 Å². The Hall–Kier alpha value is -2.30. The van der Waals surface area contributed by atoms with Crippen molar-refractivity contribution in [2.75, 3.05) is 0 Å². The van der Waals surface area contributed by atoms with Gasteiger partial charge in [0.15, 0.2) is 0 Å². The molecule has 2 aromatic rings. The molecule has 2 fully saturated rings. The number of hydrogen-bond acceptors (Lipinski definition) is 5. The number of hydrazine groups is 1. The molecule has 4 rings (SSSR count). The molecule has 1 aliphatic carbocycles. The van der Waals surface area contributed by atoms with Gasteiger partial charge in [-0.2, -0.15) is 5.01 Å². The number of fused-ring (bicyclic) bond motifs is 1. The first-order valence-electron chi connectivity index (χ1n) is 10.1. The summed E-state index contributed by atoms with van der Waals surface area (Å²) in [4.78, 5) is 50.8. The van der Waals surface area contributed by atoms with Gasteiger partial charge in [0.2, 0.25) is 0 Å². The molecule has 0 aromatic heterocycles. The lowest BCUT2D eigenvalue weighted by Crippen LogP contribution is -2.49. The van der Waals surface area contributed by atoms with E-state index in [2.05, 4.69) is 31.9 Å². The smallest absolute Gasteiger partial charge is 0.272 e. The molecule has 3 amide bonds. The molecule has 8 nitrogen and oxygen atoms in total. The van der Waals surface area contributed by atoms with Crippen molar-refractivity contribution in [1.82, 2.24) is 10.0 Å². The van der Waals surface area contributed by atoms with Crippen molar-refractivity contribution >= 4 is 66.9 Å². The third-order valence-corrected chi connectivity index (χ3v) is 8.90. The van der Waals surface area contributed by atoms with Gasteiger partial charge in [0.05, 0.1) is 23.3 Å². The molecule has 11 heteroatoms. The van der Waals surface area contributed by atoms with E-state index in [-0.39, 0.29) is 27.4 Å². The zero-order valence-electron chi connectivity index (χ0n) is 17.1. The van der Waals surface area contributed by atoms with Gasteiger partial charge in [-0.25, -0.2) is 5.01 Å². The summed E-state index contributed by atoms with van der Waals surface area (Å²) < 4.78 is 0. The highest BCUT2D eigenvalue weighted by Crippen LogP contribution is 2.44. The Morgan fingerprint density at radius 3 is 2.18 bits per heavy atom. The minimum atomic E-state index is -0.681. The van der Waals surface area contributed by atoms with Crippen molar-refractivity contribution in [3.63, 3.8) is 0 Å². The van der Waals surface area contributed by atoms with Crippen LogP contribution in [-0.2, 0) is 16.1 Å². The molecule has 0 unspecified atom stereocenters. The van der Waals surface area contributed by atoms with Crippen LogP contribution in [0.1, 0.15) is 28.8 Å². The topological polar surface area (TPSA) is 101 Å². The molecule has 172 valence electrons. The summed E-state index contributed by atoms with van der Waals surface area (Å²) in [6.07, 6.45) is 0.920.